The van der Waals surface area contributed by atoms with Crippen LogP contribution in [-0.2, 0) is 11.2 Å². The highest BCUT2D eigenvalue weighted by Gasteiger charge is 2.10. The van der Waals surface area contributed by atoms with Crippen LogP contribution >= 0.6 is 23.6 Å². The first-order valence-electron chi connectivity index (χ1n) is 6.59. The van der Waals surface area contributed by atoms with Gasteiger partial charge in [-0.05, 0) is 30.6 Å². The molecule has 0 fully saturated rings. The molecular formula is C16H14N2OS2. The van der Waals surface area contributed by atoms with Crippen molar-refractivity contribution in [3.8, 4) is 0 Å². The molecule has 0 bridgehead atoms. The number of hydrogen-bond donors (Lipinski definition) is 2. The van der Waals surface area contributed by atoms with Gasteiger partial charge in [-0.15, -0.1) is 11.3 Å². The van der Waals surface area contributed by atoms with Gasteiger partial charge in [0.15, 0.2) is 3.95 Å². The zero-order valence-corrected chi connectivity index (χ0v) is 13.1. The molecule has 3 rings (SSSR count). The van der Waals surface area contributed by atoms with Crippen molar-refractivity contribution in [1.82, 2.24) is 4.98 Å². The summed E-state index contributed by atoms with van der Waals surface area (Å²) in [7, 11) is 0. The zero-order valence-electron chi connectivity index (χ0n) is 11.5. The topological polar surface area (TPSA) is 44.9 Å². The van der Waals surface area contributed by atoms with Gasteiger partial charge in [0, 0.05) is 21.6 Å². The molecule has 0 aliphatic rings. The Kier molecular flexibility index (Phi) is 3.86. The molecule has 106 valence electrons. The molecule has 2 N–H and O–H groups in total. The summed E-state index contributed by atoms with van der Waals surface area (Å²) in [5.41, 5.74) is 1.81. The number of aryl methyl sites for hydroxylation is 1. The van der Waals surface area contributed by atoms with E-state index < -0.39 is 0 Å². The summed E-state index contributed by atoms with van der Waals surface area (Å²) in [6.07, 6.45) is 0.340. The Labute approximate surface area is 131 Å². The summed E-state index contributed by atoms with van der Waals surface area (Å²) in [6, 6.07) is 13.9. The smallest absolute Gasteiger partial charge is 0.229 e. The maximum absolute atomic E-state index is 12.2. The van der Waals surface area contributed by atoms with Crippen LogP contribution < -0.4 is 5.32 Å². The monoisotopic (exact) mass is 314 g/mol. The maximum Gasteiger partial charge on any atom is 0.229 e. The Balaban J connectivity index is 1.83. The first kappa shape index (κ1) is 14.0. The number of benzene rings is 2. The van der Waals surface area contributed by atoms with Crippen LogP contribution in [0.4, 0.5) is 5.69 Å². The van der Waals surface area contributed by atoms with Crippen molar-refractivity contribution in [3.05, 3.63) is 57.0 Å². The summed E-state index contributed by atoms with van der Waals surface area (Å²) >= 11 is 6.55. The summed E-state index contributed by atoms with van der Waals surface area (Å²) in [4.78, 5) is 16.3. The number of fused-ring (bicyclic) bond motifs is 1. The van der Waals surface area contributed by atoms with E-state index in [1.807, 2.05) is 49.4 Å². The van der Waals surface area contributed by atoms with E-state index in [-0.39, 0.29) is 5.91 Å². The molecule has 1 heterocycles. The SMILES string of the molecule is Cc1[nH]c(=S)sc1CC(=O)Nc1cccc2ccccc12. The third-order valence-electron chi connectivity index (χ3n) is 3.31. The molecule has 3 aromatic rings. The van der Waals surface area contributed by atoms with Gasteiger partial charge < -0.3 is 10.3 Å². The normalized spacial score (nSPS) is 10.7. The summed E-state index contributed by atoms with van der Waals surface area (Å²) in [6.45, 7) is 1.94. The van der Waals surface area contributed by atoms with Gasteiger partial charge in [0.05, 0.1) is 6.42 Å². The molecule has 5 heteroatoms. The second kappa shape index (κ2) is 5.79. The number of nitrogens with one attached hydrogen (secondary N) is 2. The Morgan fingerprint density at radius 1 is 1.24 bits per heavy atom. The molecule has 0 aliphatic carbocycles. The largest absolute Gasteiger partial charge is 0.341 e. The lowest BCUT2D eigenvalue weighted by atomic mass is 10.1. The Morgan fingerprint density at radius 3 is 2.76 bits per heavy atom. The van der Waals surface area contributed by atoms with E-state index in [1.54, 1.807) is 0 Å². The summed E-state index contributed by atoms with van der Waals surface area (Å²) < 4.78 is 0.709. The van der Waals surface area contributed by atoms with E-state index in [0.717, 1.165) is 27.0 Å². The van der Waals surface area contributed by atoms with Crippen molar-refractivity contribution in [2.24, 2.45) is 0 Å². The molecule has 0 saturated heterocycles. The van der Waals surface area contributed by atoms with E-state index in [1.165, 1.54) is 11.3 Å². The maximum atomic E-state index is 12.2. The van der Waals surface area contributed by atoms with Gasteiger partial charge >= 0.3 is 0 Å². The van der Waals surface area contributed by atoms with Crippen molar-refractivity contribution in [2.45, 2.75) is 13.3 Å². The lowest BCUT2D eigenvalue weighted by Crippen LogP contribution is -2.14. The van der Waals surface area contributed by atoms with E-state index in [0.29, 0.717) is 10.4 Å². The van der Waals surface area contributed by atoms with Crippen LogP contribution in [0.15, 0.2) is 42.5 Å². The second-order valence-corrected chi connectivity index (χ2v) is 6.59. The van der Waals surface area contributed by atoms with E-state index in [9.17, 15) is 4.79 Å². The van der Waals surface area contributed by atoms with Crippen LogP contribution in [0.25, 0.3) is 10.8 Å². The molecule has 0 unspecified atom stereocenters. The minimum absolute atomic E-state index is 0.0281. The molecule has 2 aromatic carbocycles. The first-order chi connectivity index (χ1) is 10.1. The highest BCUT2D eigenvalue weighted by molar-refractivity contribution is 7.73. The highest BCUT2D eigenvalue weighted by Crippen LogP contribution is 2.23. The van der Waals surface area contributed by atoms with Crippen LogP contribution in [0.1, 0.15) is 10.6 Å². The predicted octanol–water partition coefficient (Wildman–Crippen LogP) is 4.45. The van der Waals surface area contributed by atoms with Crippen molar-refractivity contribution < 1.29 is 4.79 Å². The molecule has 0 saturated carbocycles. The number of anilines is 1. The van der Waals surface area contributed by atoms with Crippen molar-refractivity contribution >= 4 is 45.9 Å². The second-order valence-electron chi connectivity index (χ2n) is 4.81. The van der Waals surface area contributed by atoms with E-state index in [4.69, 9.17) is 12.2 Å². The third kappa shape index (κ3) is 3.04. The standard InChI is InChI=1S/C16H14N2OS2/c1-10-14(21-16(20)17-10)9-15(19)18-13-8-4-6-11-5-2-3-7-12(11)13/h2-8H,9H2,1H3,(H,17,20)(H,18,19). The van der Waals surface area contributed by atoms with Gasteiger partial charge in [-0.3, -0.25) is 4.79 Å². The van der Waals surface area contributed by atoms with Gasteiger partial charge in [-0.25, -0.2) is 0 Å². The van der Waals surface area contributed by atoms with Crippen molar-refractivity contribution in [1.29, 1.82) is 0 Å². The molecule has 3 nitrogen and oxygen atoms in total. The fourth-order valence-electron chi connectivity index (χ4n) is 2.28. The van der Waals surface area contributed by atoms with Crippen molar-refractivity contribution in [3.63, 3.8) is 0 Å². The summed E-state index contributed by atoms with van der Waals surface area (Å²) in [5, 5.41) is 5.15. The van der Waals surface area contributed by atoms with Crippen LogP contribution in [0.3, 0.4) is 0 Å². The minimum Gasteiger partial charge on any atom is -0.341 e. The number of aromatic nitrogens is 1. The fraction of sp³-hybridized carbons (Fsp3) is 0.125. The number of aromatic amines is 1. The number of carbonyl (C=O) groups excluding carboxylic acids is 1. The molecule has 0 aliphatic heterocycles. The number of thiazole rings is 1. The molecule has 21 heavy (non-hydrogen) atoms. The Hall–Kier alpha value is -1.98. The third-order valence-corrected chi connectivity index (χ3v) is 4.64. The van der Waals surface area contributed by atoms with Crippen molar-refractivity contribution in [2.75, 3.05) is 5.32 Å². The van der Waals surface area contributed by atoms with Gasteiger partial charge in [-0.1, -0.05) is 36.4 Å². The van der Waals surface area contributed by atoms with Crippen LogP contribution in [0, 0.1) is 10.9 Å². The lowest BCUT2D eigenvalue weighted by Gasteiger charge is -2.08. The molecule has 0 atom stereocenters. The number of amides is 1. The quantitative estimate of drug-likeness (QED) is 0.702. The Morgan fingerprint density at radius 2 is 2.00 bits per heavy atom. The number of carbonyl (C=O) groups is 1. The van der Waals surface area contributed by atoms with Gasteiger partial charge in [0.2, 0.25) is 5.91 Å². The van der Waals surface area contributed by atoms with Gasteiger partial charge in [0.1, 0.15) is 0 Å². The number of rotatable bonds is 3. The molecule has 1 amide bonds. The van der Waals surface area contributed by atoms with Crippen LogP contribution in [-0.4, -0.2) is 10.9 Å². The molecule has 0 radical (unpaired) electrons. The highest BCUT2D eigenvalue weighted by atomic mass is 32.1. The lowest BCUT2D eigenvalue weighted by molar-refractivity contribution is -0.115. The Bertz CT molecular complexity index is 859. The summed E-state index contributed by atoms with van der Waals surface area (Å²) in [5.74, 6) is -0.0281. The fourth-order valence-corrected chi connectivity index (χ4v) is 3.57. The number of hydrogen-bond acceptors (Lipinski definition) is 3. The van der Waals surface area contributed by atoms with Crippen LogP contribution in [0.5, 0.6) is 0 Å². The average molecular weight is 314 g/mol. The zero-order chi connectivity index (χ0) is 14.8. The van der Waals surface area contributed by atoms with E-state index in [2.05, 4.69) is 10.3 Å². The van der Waals surface area contributed by atoms with Gasteiger partial charge in [0.25, 0.3) is 0 Å². The number of H-pyrrole nitrogens is 1. The van der Waals surface area contributed by atoms with Gasteiger partial charge in [-0.2, -0.15) is 0 Å². The van der Waals surface area contributed by atoms with E-state index >= 15 is 0 Å². The molecular weight excluding hydrogens is 300 g/mol. The molecule has 1 aromatic heterocycles. The molecule has 0 spiro atoms. The predicted molar refractivity (Wildman–Crippen MR) is 90.5 cm³/mol. The van der Waals surface area contributed by atoms with Crippen LogP contribution in [0.2, 0.25) is 0 Å². The average Bonchev–Trinajstić information content (AvgIpc) is 2.77. The minimum atomic E-state index is -0.0281. The first-order valence-corrected chi connectivity index (χ1v) is 7.82.